The lowest BCUT2D eigenvalue weighted by molar-refractivity contribution is 0.0746. The highest BCUT2D eigenvalue weighted by atomic mass is 32.2. The van der Waals surface area contributed by atoms with E-state index in [0.29, 0.717) is 18.7 Å². The zero-order valence-corrected chi connectivity index (χ0v) is 18.5. The number of amides is 1. The van der Waals surface area contributed by atoms with Crippen molar-refractivity contribution >= 4 is 21.4 Å². The number of carbonyl (C=O) groups is 1. The molecule has 0 atom stereocenters. The Balaban J connectivity index is 1.44. The second kappa shape index (κ2) is 8.51. The molecule has 160 valence electrons. The molecular formula is C24H25N3O3S. The van der Waals surface area contributed by atoms with Crippen LogP contribution in [0.5, 0.6) is 0 Å². The molecule has 1 aromatic heterocycles. The van der Waals surface area contributed by atoms with Crippen LogP contribution < -0.4 is 4.90 Å². The van der Waals surface area contributed by atoms with Crippen LogP contribution in [0.1, 0.15) is 21.5 Å². The largest absolute Gasteiger partial charge is 0.368 e. The van der Waals surface area contributed by atoms with Gasteiger partial charge in [0.25, 0.3) is 5.91 Å². The molecule has 0 unspecified atom stereocenters. The van der Waals surface area contributed by atoms with Crippen LogP contribution in [0.4, 0.5) is 5.69 Å². The van der Waals surface area contributed by atoms with Crippen molar-refractivity contribution in [2.45, 2.75) is 23.8 Å². The first-order chi connectivity index (χ1) is 14.9. The minimum absolute atomic E-state index is 0.0602. The van der Waals surface area contributed by atoms with Gasteiger partial charge >= 0.3 is 0 Å². The van der Waals surface area contributed by atoms with E-state index in [-0.39, 0.29) is 15.8 Å². The van der Waals surface area contributed by atoms with Gasteiger partial charge in [0.05, 0.1) is 10.5 Å². The number of carbonyl (C=O) groups excluding carboxylic acids is 1. The molecule has 7 heteroatoms. The number of sulfone groups is 1. The number of anilines is 1. The van der Waals surface area contributed by atoms with Crippen LogP contribution in [-0.2, 0) is 9.84 Å². The summed E-state index contributed by atoms with van der Waals surface area (Å²) in [5.74, 6) is -0.128. The normalized spacial score (nSPS) is 14.5. The number of nitrogens with zero attached hydrogens (tertiary/aromatic N) is 3. The third-order valence-electron chi connectivity index (χ3n) is 5.58. The van der Waals surface area contributed by atoms with Crippen molar-refractivity contribution in [1.29, 1.82) is 0 Å². The highest BCUT2D eigenvalue weighted by Crippen LogP contribution is 2.24. The lowest BCUT2D eigenvalue weighted by Crippen LogP contribution is -2.49. The van der Waals surface area contributed by atoms with E-state index in [0.717, 1.165) is 13.1 Å². The lowest BCUT2D eigenvalue weighted by Gasteiger charge is -2.37. The molecule has 6 nitrogen and oxygen atoms in total. The van der Waals surface area contributed by atoms with Crippen LogP contribution in [0.15, 0.2) is 76.8 Å². The molecule has 1 amide bonds. The molecule has 31 heavy (non-hydrogen) atoms. The molecule has 2 heterocycles. The first-order valence-corrected chi connectivity index (χ1v) is 11.7. The van der Waals surface area contributed by atoms with E-state index in [9.17, 15) is 13.2 Å². The molecule has 1 aliphatic rings. The monoisotopic (exact) mass is 435 g/mol. The number of benzene rings is 2. The van der Waals surface area contributed by atoms with Gasteiger partial charge in [-0.1, -0.05) is 30.3 Å². The zero-order valence-electron chi connectivity index (χ0n) is 17.7. The Morgan fingerprint density at radius 3 is 2.26 bits per heavy atom. The van der Waals surface area contributed by atoms with Crippen molar-refractivity contribution in [3.63, 3.8) is 0 Å². The van der Waals surface area contributed by atoms with Crippen molar-refractivity contribution < 1.29 is 13.2 Å². The quantitative estimate of drug-likeness (QED) is 0.627. The maximum atomic E-state index is 12.9. The van der Waals surface area contributed by atoms with E-state index in [1.54, 1.807) is 29.2 Å². The van der Waals surface area contributed by atoms with Crippen LogP contribution in [0.3, 0.4) is 0 Å². The topological polar surface area (TPSA) is 70.6 Å². The standard InChI is InChI=1S/C24H25N3O3S/c1-18-8-9-19(2)22(16-18)26-12-14-27(15-13-26)24(28)20-10-11-23(25-17-20)31(29,30)21-6-4-3-5-7-21/h3-11,16-17H,12-15H2,1-2H3. The van der Waals surface area contributed by atoms with Crippen LogP contribution in [-0.4, -0.2) is 50.4 Å². The number of hydrogen-bond acceptors (Lipinski definition) is 5. The second-order valence-corrected chi connectivity index (χ2v) is 9.67. The molecule has 0 saturated carbocycles. The van der Waals surface area contributed by atoms with Crippen molar-refractivity contribution in [2.24, 2.45) is 0 Å². The van der Waals surface area contributed by atoms with E-state index in [1.165, 1.54) is 41.2 Å². The highest BCUT2D eigenvalue weighted by molar-refractivity contribution is 7.91. The fourth-order valence-electron chi connectivity index (χ4n) is 3.78. The number of hydrogen-bond donors (Lipinski definition) is 0. The summed E-state index contributed by atoms with van der Waals surface area (Å²) < 4.78 is 25.4. The smallest absolute Gasteiger partial charge is 0.255 e. The van der Waals surface area contributed by atoms with E-state index in [1.807, 2.05) is 0 Å². The Kier molecular flexibility index (Phi) is 5.78. The summed E-state index contributed by atoms with van der Waals surface area (Å²) in [7, 11) is -3.69. The first kappa shape index (κ1) is 21.1. The van der Waals surface area contributed by atoms with Crippen molar-refractivity contribution in [3.05, 3.63) is 83.6 Å². The number of aryl methyl sites for hydroxylation is 2. The maximum Gasteiger partial charge on any atom is 0.255 e. The number of rotatable bonds is 4. The SMILES string of the molecule is Cc1ccc(C)c(N2CCN(C(=O)c3ccc(S(=O)(=O)c4ccccc4)nc3)CC2)c1. The number of piperazine rings is 1. The summed E-state index contributed by atoms with van der Waals surface area (Å²) >= 11 is 0. The van der Waals surface area contributed by atoms with Gasteiger partial charge in [0, 0.05) is 38.1 Å². The van der Waals surface area contributed by atoms with Gasteiger partial charge in [-0.05, 0) is 55.3 Å². The Hall–Kier alpha value is -3.19. The van der Waals surface area contributed by atoms with Gasteiger partial charge < -0.3 is 9.80 Å². The summed E-state index contributed by atoms with van der Waals surface area (Å²) in [6.45, 7) is 6.90. The van der Waals surface area contributed by atoms with Gasteiger partial charge in [0.1, 0.15) is 0 Å². The summed E-state index contributed by atoms with van der Waals surface area (Å²) in [6.07, 6.45) is 1.36. The first-order valence-electron chi connectivity index (χ1n) is 10.2. The molecule has 1 fully saturated rings. The van der Waals surface area contributed by atoms with Gasteiger partial charge in [-0.2, -0.15) is 0 Å². The van der Waals surface area contributed by atoms with E-state index >= 15 is 0 Å². The molecule has 0 bridgehead atoms. The molecule has 3 aromatic rings. The van der Waals surface area contributed by atoms with Gasteiger partial charge in [-0.3, -0.25) is 4.79 Å². The van der Waals surface area contributed by atoms with Crippen molar-refractivity contribution in [3.8, 4) is 0 Å². The Labute approximate surface area is 183 Å². The maximum absolute atomic E-state index is 12.9. The van der Waals surface area contributed by atoms with E-state index < -0.39 is 9.84 Å². The summed E-state index contributed by atoms with van der Waals surface area (Å²) in [5.41, 5.74) is 4.05. The number of pyridine rings is 1. The van der Waals surface area contributed by atoms with Crippen LogP contribution >= 0.6 is 0 Å². The molecule has 2 aromatic carbocycles. The Morgan fingerprint density at radius 2 is 1.61 bits per heavy atom. The van der Waals surface area contributed by atoms with Crippen LogP contribution in [0, 0.1) is 13.8 Å². The van der Waals surface area contributed by atoms with Crippen molar-refractivity contribution in [1.82, 2.24) is 9.88 Å². The predicted molar refractivity (Wildman–Crippen MR) is 120 cm³/mol. The fourth-order valence-corrected chi connectivity index (χ4v) is 4.97. The molecule has 1 aliphatic heterocycles. The number of aromatic nitrogens is 1. The minimum Gasteiger partial charge on any atom is -0.368 e. The lowest BCUT2D eigenvalue weighted by atomic mass is 10.1. The fraction of sp³-hybridized carbons (Fsp3) is 0.250. The van der Waals surface area contributed by atoms with E-state index in [2.05, 4.69) is 41.9 Å². The Bertz CT molecular complexity index is 1180. The third kappa shape index (κ3) is 4.32. The molecule has 1 saturated heterocycles. The minimum atomic E-state index is -3.69. The van der Waals surface area contributed by atoms with Gasteiger partial charge in [-0.25, -0.2) is 13.4 Å². The average molecular weight is 436 g/mol. The highest BCUT2D eigenvalue weighted by Gasteiger charge is 2.24. The molecule has 0 radical (unpaired) electrons. The average Bonchev–Trinajstić information content (AvgIpc) is 2.81. The van der Waals surface area contributed by atoms with E-state index in [4.69, 9.17) is 0 Å². The predicted octanol–water partition coefficient (Wildman–Crippen LogP) is 3.49. The Morgan fingerprint density at radius 1 is 0.903 bits per heavy atom. The molecule has 0 aliphatic carbocycles. The van der Waals surface area contributed by atoms with Gasteiger partial charge in [0.15, 0.2) is 5.03 Å². The van der Waals surface area contributed by atoms with Gasteiger partial charge in [-0.15, -0.1) is 0 Å². The summed E-state index contributed by atoms with van der Waals surface area (Å²) in [4.78, 5) is 21.3. The zero-order chi connectivity index (χ0) is 22.0. The second-order valence-electron chi connectivity index (χ2n) is 7.77. The van der Waals surface area contributed by atoms with Gasteiger partial charge in [0.2, 0.25) is 9.84 Å². The summed E-state index contributed by atoms with van der Waals surface area (Å²) in [5, 5.41) is -0.0602. The van der Waals surface area contributed by atoms with Crippen molar-refractivity contribution in [2.75, 3.05) is 31.1 Å². The molecular weight excluding hydrogens is 410 g/mol. The summed E-state index contributed by atoms with van der Waals surface area (Å²) in [6, 6.07) is 17.5. The van der Waals surface area contributed by atoms with Crippen LogP contribution in [0.25, 0.3) is 0 Å². The third-order valence-corrected chi connectivity index (χ3v) is 7.27. The van der Waals surface area contributed by atoms with Crippen LogP contribution in [0.2, 0.25) is 0 Å². The molecule has 0 N–H and O–H groups in total. The molecule has 0 spiro atoms. The molecule has 4 rings (SSSR count).